The van der Waals surface area contributed by atoms with Gasteiger partial charge in [-0.2, -0.15) is 5.10 Å². The molecule has 0 saturated carbocycles. The first-order valence-electron chi connectivity index (χ1n) is 8.10. The first-order valence-corrected chi connectivity index (χ1v) is 8.10. The molecule has 4 rings (SSSR count). The van der Waals surface area contributed by atoms with E-state index in [-0.39, 0.29) is 5.69 Å². The van der Waals surface area contributed by atoms with Gasteiger partial charge < -0.3 is 14.5 Å². The zero-order valence-corrected chi connectivity index (χ0v) is 14.6. The summed E-state index contributed by atoms with van der Waals surface area (Å²) >= 11 is 0. The highest BCUT2D eigenvalue weighted by atomic mass is 19.1. The van der Waals surface area contributed by atoms with E-state index < -0.39 is 11.7 Å². The molecule has 2 heterocycles. The van der Waals surface area contributed by atoms with Crippen molar-refractivity contribution in [1.29, 1.82) is 0 Å². The van der Waals surface area contributed by atoms with Gasteiger partial charge in [0.15, 0.2) is 5.82 Å². The molecule has 2 aromatic heterocycles. The Balaban J connectivity index is 1.66. The second-order valence-electron chi connectivity index (χ2n) is 5.86. The number of methoxy groups -OCH3 is 1. The predicted molar refractivity (Wildman–Crippen MR) is 96.8 cm³/mol. The van der Waals surface area contributed by atoms with E-state index in [9.17, 15) is 9.18 Å². The number of benzene rings is 2. The van der Waals surface area contributed by atoms with Crippen molar-refractivity contribution >= 4 is 22.6 Å². The van der Waals surface area contributed by atoms with Gasteiger partial charge in [0.25, 0.3) is 5.91 Å². The fraction of sp³-hybridized carbons (Fsp3) is 0.105. The minimum atomic E-state index is -0.534. The number of aryl methyl sites for hydroxylation is 1. The van der Waals surface area contributed by atoms with Crippen LogP contribution < -0.4 is 10.1 Å². The van der Waals surface area contributed by atoms with E-state index in [4.69, 9.17) is 9.15 Å². The maximum absolute atomic E-state index is 14.4. The summed E-state index contributed by atoms with van der Waals surface area (Å²) in [5.74, 6) is 0.150. The molecule has 2 aromatic carbocycles. The molecule has 0 fully saturated rings. The second kappa shape index (κ2) is 6.56. The van der Waals surface area contributed by atoms with Gasteiger partial charge in [-0.25, -0.2) is 14.1 Å². The van der Waals surface area contributed by atoms with Crippen LogP contribution in [-0.4, -0.2) is 27.8 Å². The number of furan rings is 1. The van der Waals surface area contributed by atoms with Gasteiger partial charge in [0.1, 0.15) is 35.4 Å². The molecule has 0 radical (unpaired) electrons. The molecule has 0 atom stereocenters. The van der Waals surface area contributed by atoms with Gasteiger partial charge in [0.2, 0.25) is 0 Å². The molecule has 1 N–H and O–H groups in total. The maximum Gasteiger partial charge on any atom is 0.259 e. The van der Waals surface area contributed by atoms with Gasteiger partial charge in [-0.05, 0) is 43.3 Å². The van der Waals surface area contributed by atoms with Crippen LogP contribution in [0.25, 0.3) is 16.7 Å². The van der Waals surface area contributed by atoms with Crippen LogP contribution in [0, 0.1) is 12.7 Å². The maximum atomic E-state index is 14.4. The number of nitrogens with one attached hydrogen (secondary N) is 1. The number of rotatable bonds is 4. The summed E-state index contributed by atoms with van der Waals surface area (Å²) in [6, 6.07) is 9.57. The summed E-state index contributed by atoms with van der Waals surface area (Å²) in [6.45, 7) is 1.70. The fourth-order valence-electron chi connectivity index (χ4n) is 2.90. The van der Waals surface area contributed by atoms with E-state index in [0.29, 0.717) is 33.7 Å². The van der Waals surface area contributed by atoms with Crippen molar-refractivity contribution < 1.29 is 18.3 Å². The Morgan fingerprint density at radius 2 is 2.11 bits per heavy atom. The van der Waals surface area contributed by atoms with Crippen LogP contribution in [0.4, 0.5) is 10.1 Å². The molecular formula is C19H15FN4O3. The Kier molecular flexibility index (Phi) is 4.08. The van der Waals surface area contributed by atoms with Crippen molar-refractivity contribution in [3.05, 3.63) is 66.2 Å². The van der Waals surface area contributed by atoms with Gasteiger partial charge in [0.05, 0.1) is 12.7 Å². The second-order valence-corrected chi connectivity index (χ2v) is 5.86. The van der Waals surface area contributed by atoms with Crippen LogP contribution in [0.5, 0.6) is 5.75 Å². The molecule has 0 aliphatic rings. The summed E-state index contributed by atoms with van der Waals surface area (Å²) in [5, 5.41) is 7.23. The lowest BCUT2D eigenvalue weighted by atomic mass is 10.1. The van der Waals surface area contributed by atoms with E-state index in [0.717, 1.165) is 0 Å². The highest BCUT2D eigenvalue weighted by molar-refractivity contribution is 6.13. The topological polar surface area (TPSA) is 82.2 Å². The first kappa shape index (κ1) is 16.8. The van der Waals surface area contributed by atoms with E-state index in [1.165, 1.54) is 29.5 Å². The largest absolute Gasteiger partial charge is 0.497 e. The van der Waals surface area contributed by atoms with Crippen LogP contribution in [0.2, 0.25) is 0 Å². The van der Waals surface area contributed by atoms with Gasteiger partial charge >= 0.3 is 0 Å². The lowest BCUT2D eigenvalue weighted by molar-refractivity contribution is 0.102. The number of anilines is 1. The molecule has 0 aliphatic heterocycles. The zero-order valence-electron chi connectivity index (χ0n) is 14.6. The number of hydrogen-bond acceptors (Lipinski definition) is 5. The van der Waals surface area contributed by atoms with Gasteiger partial charge in [-0.3, -0.25) is 4.79 Å². The lowest BCUT2D eigenvalue weighted by Gasteiger charge is -2.08. The number of carbonyl (C=O) groups excluding carboxylic acids is 1. The van der Waals surface area contributed by atoms with E-state index >= 15 is 0 Å². The predicted octanol–water partition coefficient (Wildman–Crippen LogP) is 3.72. The molecule has 1 amide bonds. The monoisotopic (exact) mass is 366 g/mol. The van der Waals surface area contributed by atoms with Crippen molar-refractivity contribution in [3.8, 4) is 11.4 Å². The third-order valence-electron chi connectivity index (χ3n) is 4.17. The number of fused-ring (bicyclic) bond motifs is 1. The zero-order chi connectivity index (χ0) is 19.0. The van der Waals surface area contributed by atoms with Gasteiger partial charge in [0, 0.05) is 11.1 Å². The van der Waals surface area contributed by atoms with Crippen molar-refractivity contribution in [2.24, 2.45) is 0 Å². The minimum absolute atomic E-state index is 0.236. The van der Waals surface area contributed by atoms with Gasteiger partial charge in [-0.1, -0.05) is 0 Å². The van der Waals surface area contributed by atoms with Crippen molar-refractivity contribution in [2.45, 2.75) is 6.92 Å². The molecule has 8 heteroatoms. The molecular weight excluding hydrogens is 351 g/mol. The number of ether oxygens (including phenoxy) is 1. The van der Waals surface area contributed by atoms with Crippen LogP contribution in [0.1, 0.15) is 16.1 Å². The number of aromatic nitrogens is 3. The van der Waals surface area contributed by atoms with Crippen LogP contribution >= 0.6 is 0 Å². The Labute approximate surface area is 153 Å². The average Bonchev–Trinajstić information content (AvgIpc) is 3.28. The number of amides is 1. The van der Waals surface area contributed by atoms with Crippen LogP contribution in [-0.2, 0) is 0 Å². The van der Waals surface area contributed by atoms with Gasteiger partial charge in [-0.15, -0.1) is 0 Å². The molecule has 136 valence electrons. The standard InChI is InChI=1S/C19H15FN4O3/c1-11-18(14-8-13(26-2)4-6-17(14)27-11)19(25)23-12-3-5-16(15(20)7-12)24-10-21-9-22-24/h3-10H,1-2H3,(H,23,25). The van der Waals surface area contributed by atoms with Crippen molar-refractivity contribution in [2.75, 3.05) is 12.4 Å². The molecule has 27 heavy (non-hydrogen) atoms. The number of halogens is 1. The Morgan fingerprint density at radius 3 is 2.81 bits per heavy atom. The molecule has 0 saturated heterocycles. The fourth-order valence-corrected chi connectivity index (χ4v) is 2.90. The highest BCUT2D eigenvalue weighted by Gasteiger charge is 2.19. The Bertz CT molecular complexity index is 1140. The molecule has 7 nitrogen and oxygen atoms in total. The number of nitrogens with zero attached hydrogens (tertiary/aromatic N) is 3. The third-order valence-corrected chi connectivity index (χ3v) is 4.17. The summed E-state index contributed by atoms with van der Waals surface area (Å²) in [7, 11) is 1.55. The number of carbonyl (C=O) groups is 1. The SMILES string of the molecule is COc1ccc2oc(C)c(C(=O)Nc3ccc(-n4cncn4)c(F)c3)c2c1. The van der Waals surface area contributed by atoms with E-state index in [1.54, 1.807) is 38.3 Å². The summed E-state index contributed by atoms with van der Waals surface area (Å²) < 4.78 is 26.5. The Morgan fingerprint density at radius 1 is 1.26 bits per heavy atom. The smallest absolute Gasteiger partial charge is 0.259 e. The quantitative estimate of drug-likeness (QED) is 0.595. The summed E-state index contributed by atoms with van der Waals surface area (Å²) in [5.41, 5.74) is 1.51. The minimum Gasteiger partial charge on any atom is -0.497 e. The van der Waals surface area contributed by atoms with E-state index in [2.05, 4.69) is 15.4 Å². The van der Waals surface area contributed by atoms with Crippen molar-refractivity contribution in [3.63, 3.8) is 0 Å². The van der Waals surface area contributed by atoms with Crippen molar-refractivity contribution in [1.82, 2.24) is 14.8 Å². The van der Waals surface area contributed by atoms with Crippen LogP contribution in [0.15, 0.2) is 53.5 Å². The molecule has 0 bridgehead atoms. The Hall–Kier alpha value is -3.68. The lowest BCUT2D eigenvalue weighted by Crippen LogP contribution is -2.13. The molecule has 0 aliphatic carbocycles. The summed E-state index contributed by atoms with van der Waals surface area (Å²) in [6.07, 6.45) is 2.71. The number of hydrogen-bond donors (Lipinski definition) is 1. The molecule has 4 aromatic rings. The molecule has 0 spiro atoms. The van der Waals surface area contributed by atoms with E-state index in [1.807, 2.05) is 0 Å². The average molecular weight is 366 g/mol. The summed E-state index contributed by atoms with van der Waals surface area (Å²) in [4.78, 5) is 16.6. The third kappa shape index (κ3) is 3.01. The highest BCUT2D eigenvalue weighted by Crippen LogP contribution is 2.30. The molecule has 0 unspecified atom stereocenters. The first-order chi connectivity index (χ1) is 13.1. The van der Waals surface area contributed by atoms with Crippen LogP contribution in [0.3, 0.4) is 0 Å². The normalized spacial score (nSPS) is 10.9.